The Kier molecular flexibility index (Phi) is 10.5. The number of carboxylic acids is 1. The number of alkyl halides is 3. The number of aromatic nitrogens is 1. The first kappa shape index (κ1) is 34.1. The van der Waals surface area contributed by atoms with E-state index in [2.05, 4.69) is 36.0 Å². The van der Waals surface area contributed by atoms with Crippen LogP contribution in [0.25, 0.3) is 0 Å². The summed E-state index contributed by atoms with van der Waals surface area (Å²) in [4.78, 5) is 43.3. The lowest BCUT2D eigenvalue weighted by molar-refractivity contribution is -0.192. The lowest BCUT2D eigenvalue weighted by atomic mass is 9.84. The lowest BCUT2D eigenvalue weighted by Gasteiger charge is -2.29. The van der Waals surface area contributed by atoms with E-state index in [1.54, 1.807) is 18.1 Å². The van der Waals surface area contributed by atoms with Crippen LogP contribution in [0.4, 0.5) is 18.9 Å². The number of anilines is 1. The minimum Gasteiger partial charge on any atom is -0.494 e. The largest absolute Gasteiger partial charge is 0.494 e. The first-order valence-electron chi connectivity index (χ1n) is 14.1. The number of benzene rings is 1. The molecule has 2 aliphatic rings. The number of hydrogen-bond acceptors (Lipinski definition) is 8. The van der Waals surface area contributed by atoms with Crippen molar-refractivity contribution in [3.8, 4) is 11.5 Å². The predicted molar refractivity (Wildman–Crippen MR) is 157 cm³/mol. The molecule has 240 valence electrons. The molecule has 1 aromatic heterocycles. The molecular formula is C30H38F3N5O6. The molecular weight excluding hydrogens is 583 g/mol. The molecule has 1 fully saturated rings. The molecule has 0 aliphatic carbocycles. The van der Waals surface area contributed by atoms with Crippen molar-refractivity contribution in [2.75, 3.05) is 45.3 Å². The number of aliphatic carboxylic acids is 1. The Morgan fingerprint density at radius 2 is 1.73 bits per heavy atom. The van der Waals surface area contributed by atoms with Crippen LogP contribution < -0.4 is 19.7 Å². The molecule has 1 amide bonds. The number of amides is 1. The van der Waals surface area contributed by atoms with E-state index in [1.807, 2.05) is 19.1 Å². The second-order valence-electron chi connectivity index (χ2n) is 11.3. The highest BCUT2D eigenvalue weighted by molar-refractivity contribution is 6.06. The Morgan fingerprint density at radius 1 is 1.11 bits per heavy atom. The van der Waals surface area contributed by atoms with Gasteiger partial charge < -0.3 is 29.7 Å². The number of fused-ring (bicyclic) bond motifs is 1. The number of ketones is 1. The zero-order valence-corrected chi connectivity index (χ0v) is 25.6. The van der Waals surface area contributed by atoms with Gasteiger partial charge in [-0.05, 0) is 43.4 Å². The molecule has 0 radical (unpaired) electrons. The van der Waals surface area contributed by atoms with E-state index in [1.165, 1.54) is 7.05 Å². The van der Waals surface area contributed by atoms with Crippen molar-refractivity contribution in [2.24, 2.45) is 0 Å². The maximum absolute atomic E-state index is 13.6. The van der Waals surface area contributed by atoms with E-state index in [0.29, 0.717) is 30.2 Å². The van der Waals surface area contributed by atoms with Crippen molar-refractivity contribution in [3.05, 3.63) is 46.3 Å². The molecule has 0 spiro atoms. The highest BCUT2D eigenvalue weighted by Crippen LogP contribution is 2.41. The van der Waals surface area contributed by atoms with Gasteiger partial charge in [0.1, 0.15) is 17.3 Å². The van der Waals surface area contributed by atoms with Gasteiger partial charge in [0.2, 0.25) is 0 Å². The number of carbonyl (C=O) groups excluding carboxylic acids is 2. The number of nitrogens with zero attached hydrogens (tertiary/aromatic N) is 3. The molecule has 0 saturated carbocycles. The standard InChI is InChI=1S/C28H37N5O4.C2HF3O2/c1-7-37-22-14-18-15-33(26(29)23(18)31-24(22)27(35)30-5)16-21(34)17-12-19(28(2,3)4)25(36-6)20(13-17)32-10-8-9-11-32;3-2(4,5)1(6)7/h12-14,29H,7-11,15-16H2,1-6H3,(H,30,35);(H,6,7). The van der Waals surface area contributed by atoms with Gasteiger partial charge in [-0.2, -0.15) is 13.2 Å². The molecule has 14 heteroatoms. The van der Waals surface area contributed by atoms with Crippen LogP contribution in [0.1, 0.15) is 78.2 Å². The molecule has 0 atom stereocenters. The first-order chi connectivity index (χ1) is 20.5. The Morgan fingerprint density at radius 3 is 2.23 bits per heavy atom. The third-order valence-electron chi connectivity index (χ3n) is 7.14. The van der Waals surface area contributed by atoms with Gasteiger partial charge in [-0.15, -0.1) is 0 Å². The Balaban J connectivity index is 0.000000676. The summed E-state index contributed by atoms with van der Waals surface area (Å²) >= 11 is 0. The fourth-order valence-corrected chi connectivity index (χ4v) is 4.98. The maximum Gasteiger partial charge on any atom is 0.490 e. The lowest BCUT2D eigenvalue weighted by Crippen LogP contribution is -2.31. The zero-order valence-electron chi connectivity index (χ0n) is 25.6. The number of carbonyl (C=O) groups is 3. The van der Waals surface area contributed by atoms with Crippen LogP contribution in [0.15, 0.2) is 18.2 Å². The second-order valence-corrected chi connectivity index (χ2v) is 11.3. The van der Waals surface area contributed by atoms with E-state index in [0.717, 1.165) is 48.5 Å². The molecule has 2 aliphatic heterocycles. The fourth-order valence-electron chi connectivity index (χ4n) is 4.98. The monoisotopic (exact) mass is 621 g/mol. The molecule has 0 bridgehead atoms. The summed E-state index contributed by atoms with van der Waals surface area (Å²) in [5.41, 5.74) is 3.62. The number of methoxy groups -OCH3 is 1. The van der Waals surface area contributed by atoms with E-state index in [9.17, 15) is 22.8 Å². The van der Waals surface area contributed by atoms with Crippen LogP contribution in [0.2, 0.25) is 0 Å². The number of nitrogens with one attached hydrogen (secondary N) is 2. The average molecular weight is 622 g/mol. The number of ether oxygens (including phenoxy) is 2. The molecule has 44 heavy (non-hydrogen) atoms. The molecule has 0 unspecified atom stereocenters. The summed E-state index contributed by atoms with van der Waals surface area (Å²) in [6.07, 6.45) is -2.85. The Bertz CT molecular complexity index is 1430. The van der Waals surface area contributed by atoms with E-state index in [-0.39, 0.29) is 35.2 Å². The van der Waals surface area contributed by atoms with E-state index < -0.39 is 12.1 Å². The van der Waals surface area contributed by atoms with Crippen molar-refractivity contribution in [1.29, 1.82) is 5.41 Å². The first-order valence-corrected chi connectivity index (χ1v) is 14.1. The highest BCUT2D eigenvalue weighted by atomic mass is 19.4. The quantitative estimate of drug-likeness (QED) is 0.365. The van der Waals surface area contributed by atoms with E-state index in [4.69, 9.17) is 24.8 Å². The third kappa shape index (κ3) is 7.58. The molecule has 1 saturated heterocycles. The molecule has 11 nitrogen and oxygen atoms in total. The van der Waals surface area contributed by atoms with Crippen LogP contribution >= 0.6 is 0 Å². The van der Waals surface area contributed by atoms with E-state index >= 15 is 0 Å². The summed E-state index contributed by atoms with van der Waals surface area (Å²) < 4.78 is 43.2. The summed E-state index contributed by atoms with van der Waals surface area (Å²) in [6, 6.07) is 5.62. The fraction of sp³-hybridized carbons (Fsp3) is 0.500. The van der Waals surface area contributed by atoms with Gasteiger partial charge in [0.15, 0.2) is 17.2 Å². The number of halogens is 3. The number of amidine groups is 1. The average Bonchev–Trinajstić information content (AvgIpc) is 3.59. The number of pyridine rings is 1. The summed E-state index contributed by atoms with van der Waals surface area (Å²) in [5.74, 6) is -1.89. The molecule has 4 rings (SSSR count). The molecule has 2 aromatic rings. The smallest absolute Gasteiger partial charge is 0.490 e. The second kappa shape index (κ2) is 13.5. The van der Waals surface area contributed by atoms with Gasteiger partial charge >= 0.3 is 12.1 Å². The SMILES string of the molecule is CCOc1cc2c(nc1C(=O)NC)C(=N)N(CC(=O)c1cc(N3CCCC3)c(OC)c(C(C)(C)C)c1)C2.O=C(O)C(F)(F)F. The minimum atomic E-state index is -5.08. The van der Waals surface area contributed by atoms with Crippen LogP contribution in [0.3, 0.4) is 0 Å². The summed E-state index contributed by atoms with van der Waals surface area (Å²) in [7, 11) is 3.21. The van der Waals surface area contributed by atoms with Gasteiger partial charge in [-0.25, -0.2) is 9.78 Å². The van der Waals surface area contributed by atoms with Gasteiger partial charge in [-0.3, -0.25) is 15.0 Å². The number of carboxylic acid groups (broad SMARTS) is 1. The Hall–Kier alpha value is -4.36. The summed E-state index contributed by atoms with van der Waals surface area (Å²) in [6.45, 7) is 10.8. The maximum atomic E-state index is 13.6. The molecule has 3 N–H and O–H groups in total. The minimum absolute atomic E-state index is 0.0316. The van der Waals surface area contributed by atoms with Crippen molar-refractivity contribution in [1.82, 2.24) is 15.2 Å². The van der Waals surface area contributed by atoms with Crippen molar-refractivity contribution < 1.29 is 42.1 Å². The number of hydrogen-bond donors (Lipinski definition) is 3. The number of Topliss-reactive ketones (excluding diaryl/α,β-unsaturated/α-hetero) is 1. The van der Waals surface area contributed by atoms with Crippen molar-refractivity contribution in [2.45, 2.75) is 58.7 Å². The zero-order chi connectivity index (χ0) is 33.0. The highest BCUT2D eigenvalue weighted by Gasteiger charge is 2.38. The van der Waals surface area contributed by atoms with Crippen LogP contribution in [0.5, 0.6) is 11.5 Å². The third-order valence-corrected chi connectivity index (χ3v) is 7.14. The van der Waals surface area contributed by atoms with Gasteiger partial charge in [0.25, 0.3) is 5.91 Å². The van der Waals surface area contributed by atoms with Gasteiger partial charge in [-0.1, -0.05) is 20.8 Å². The van der Waals surface area contributed by atoms with Gasteiger partial charge in [0, 0.05) is 43.4 Å². The van der Waals surface area contributed by atoms with Crippen LogP contribution in [-0.2, 0) is 16.8 Å². The van der Waals surface area contributed by atoms with Crippen LogP contribution in [0, 0.1) is 5.41 Å². The molecule has 1 aromatic carbocycles. The summed E-state index contributed by atoms with van der Waals surface area (Å²) in [5, 5.41) is 18.4. The molecule has 3 heterocycles. The Labute approximate surface area is 253 Å². The van der Waals surface area contributed by atoms with Gasteiger partial charge in [0.05, 0.1) is 25.9 Å². The normalized spacial score (nSPS) is 14.5. The topological polar surface area (TPSA) is 145 Å². The van der Waals surface area contributed by atoms with Crippen molar-refractivity contribution in [3.63, 3.8) is 0 Å². The number of rotatable bonds is 8. The van der Waals surface area contributed by atoms with Crippen LogP contribution in [-0.4, -0.2) is 85.1 Å². The van der Waals surface area contributed by atoms with Crippen molar-refractivity contribution >= 4 is 29.2 Å². The predicted octanol–water partition coefficient (Wildman–Crippen LogP) is 4.40.